The lowest BCUT2D eigenvalue weighted by molar-refractivity contribution is 0.135. The Bertz CT molecular complexity index is 424. The first-order valence-electron chi connectivity index (χ1n) is 7.84. The Hall–Kier alpha value is -1.06. The molecule has 1 aromatic carbocycles. The molecule has 3 heteroatoms. The van der Waals surface area contributed by atoms with Gasteiger partial charge in [-0.3, -0.25) is 0 Å². The van der Waals surface area contributed by atoms with Gasteiger partial charge in [-0.25, -0.2) is 0 Å². The second-order valence-corrected chi connectivity index (χ2v) is 6.67. The lowest BCUT2D eigenvalue weighted by Gasteiger charge is -2.25. The maximum Gasteiger partial charge on any atom is 0.123 e. The third-order valence-electron chi connectivity index (χ3n) is 3.44. The summed E-state index contributed by atoms with van der Waals surface area (Å²) in [5.41, 5.74) is 2.55. The summed E-state index contributed by atoms with van der Waals surface area (Å²) in [7, 11) is 1.73. The second kappa shape index (κ2) is 8.40. The van der Waals surface area contributed by atoms with E-state index in [0.717, 1.165) is 18.7 Å². The molecule has 21 heavy (non-hydrogen) atoms. The summed E-state index contributed by atoms with van der Waals surface area (Å²) in [6, 6.07) is 6.68. The van der Waals surface area contributed by atoms with Crippen LogP contribution >= 0.6 is 0 Å². The van der Waals surface area contributed by atoms with Crippen LogP contribution in [0.3, 0.4) is 0 Å². The molecule has 0 aliphatic heterocycles. The van der Waals surface area contributed by atoms with Crippen molar-refractivity contribution in [1.29, 1.82) is 0 Å². The largest absolute Gasteiger partial charge is 0.492 e. The number of rotatable bonds is 8. The molecule has 3 nitrogen and oxygen atoms in total. The van der Waals surface area contributed by atoms with Gasteiger partial charge in [0.15, 0.2) is 0 Å². The molecular weight excluding hydrogens is 262 g/mol. The fraction of sp³-hybridized carbons (Fsp3) is 0.667. The molecule has 0 bridgehead atoms. The van der Waals surface area contributed by atoms with Crippen LogP contribution in [-0.2, 0) is 10.2 Å². The fourth-order valence-electron chi connectivity index (χ4n) is 2.27. The van der Waals surface area contributed by atoms with E-state index in [-0.39, 0.29) is 11.5 Å². The van der Waals surface area contributed by atoms with Gasteiger partial charge in [0.2, 0.25) is 0 Å². The molecule has 1 N–H and O–H groups in total. The van der Waals surface area contributed by atoms with Crippen LogP contribution in [0.1, 0.15) is 45.2 Å². The predicted octanol–water partition coefficient (Wildman–Crippen LogP) is 3.69. The molecule has 0 aliphatic carbocycles. The third kappa shape index (κ3) is 6.06. The number of hydrogen-bond donors (Lipinski definition) is 1. The lowest BCUT2D eigenvalue weighted by Crippen LogP contribution is -2.39. The monoisotopic (exact) mass is 293 g/mol. The Morgan fingerprint density at radius 1 is 1.19 bits per heavy atom. The van der Waals surface area contributed by atoms with E-state index >= 15 is 0 Å². The van der Waals surface area contributed by atoms with Gasteiger partial charge in [0.1, 0.15) is 12.4 Å². The first kappa shape index (κ1) is 18.0. The molecule has 1 rings (SSSR count). The highest BCUT2D eigenvalue weighted by atomic mass is 16.5. The van der Waals surface area contributed by atoms with Gasteiger partial charge in [0, 0.05) is 7.11 Å². The summed E-state index contributed by atoms with van der Waals surface area (Å²) >= 11 is 0. The molecule has 120 valence electrons. The smallest absolute Gasteiger partial charge is 0.123 e. The van der Waals surface area contributed by atoms with Crippen LogP contribution in [0.2, 0.25) is 0 Å². The van der Waals surface area contributed by atoms with Gasteiger partial charge >= 0.3 is 0 Å². The molecule has 0 saturated heterocycles. The number of methoxy groups -OCH3 is 1. The molecule has 0 amide bonds. The number of benzene rings is 1. The SMILES string of the molecule is CCCNC(COC)COc1cc(C)ccc1C(C)(C)C. The summed E-state index contributed by atoms with van der Waals surface area (Å²) in [4.78, 5) is 0. The summed E-state index contributed by atoms with van der Waals surface area (Å²) in [6.45, 7) is 13.2. The maximum atomic E-state index is 6.11. The highest BCUT2D eigenvalue weighted by Gasteiger charge is 2.19. The van der Waals surface area contributed by atoms with Crippen LogP contribution in [-0.4, -0.2) is 32.9 Å². The van der Waals surface area contributed by atoms with Crippen molar-refractivity contribution in [3.63, 3.8) is 0 Å². The van der Waals surface area contributed by atoms with Crippen molar-refractivity contribution in [3.05, 3.63) is 29.3 Å². The summed E-state index contributed by atoms with van der Waals surface area (Å²) in [6.07, 6.45) is 1.11. The molecule has 1 unspecified atom stereocenters. The molecule has 1 atom stereocenters. The highest BCUT2D eigenvalue weighted by molar-refractivity contribution is 5.41. The quantitative estimate of drug-likeness (QED) is 0.793. The first-order valence-corrected chi connectivity index (χ1v) is 7.84. The molecule has 1 aromatic rings. The van der Waals surface area contributed by atoms with E-state index in [1.165, 1.54) is 11.1 Å². The summed E-state index contributed by atoms with van der Waals surface area (Å²) < 4.78 is 11.4. The molecule has 0 radical (unpaired) electrons. The van der Waals surface area contributed by atoms with Gasteiger partial charge in [-0.05, 0) is 42.5 Å². The topological polar surface area (TPSA) is 30.5 Å². The van der Waals surface area contributed by atoms with Crippen LogP contribution in [0.4, 0.5) is 0 Å². The van der Waals surface area contributed by atoms with Crippen molar-refractivity contribution >= 4 is 0 Å². The first-order chi connectivity index (χ1) is 9.88. The second-order valence-electron chi connectivity index (χ2n) is 6.67. The summed E-state index contributed by atoms with van der Waals surface area (Å²) in [5.74, 6) is 0.988. The van der Waals surface area contributed by atoms with Gasteiger partial charge in [0.05, 0.1) is 12.6 Å². The number of hydrogen-bond acceptors (Lipinski definition) is 3. The zero-order chi connectivity index (χ0) is 15.9. The van der Waals surface area contributed by atoms with Crippen LogP contribution in [0.25, 0.3) is 0 Å². The minimum absolute atomic E-state index is 0.0800. The van der Waals surface area contributed by atoms with Crippen LogP contribution < -0.4 is 10.1 Å². The van der Waals surface area contributed by atoms with Crippen LogP contribution in [0, 0.1) is 6.92 Å². The lowest BCUT2D eigenvalue weighted by atomic mass is 9.86. The van der Waals surface area contributed by atoms with E-state index in [1.807, 2.05) is 0 Å². The van der Waals surface area contributed by atoms with Crippen molar-refractivity contribution in [2.24, 2.45) is 0 Å². The molecule has 0 aliphatic rings. The molecule has 0 aromatic heterocycles. The fourth-order valence-corrected chi connectivity index (χ4v) is 2.27. The normalized spacial score (nSPS) is 13.2. The number of aryl methyl sites for hydroxylation is 1. The van der Waals surface area contributed by atoms with E-state index in [9.17, 15) is 0 Å². The van der Waals surface area contributed by atoms with Crippen molar-refractivity contribution < 1.29 is 9.47 Å². The molecule has 0 saturated carbocycles. The molecule has 0 fully saturated rings. The molecule has 0 spiro atoms. The maximum absolute atomic E-state index is 6.11. The summed E-state index contributed by atoms with van der Waals surface area (Å²) in [5, 5.41) is 3.46. The zero-order valence-electron chi connectivity index (χ0n) is 14.5. The Labute approximate surface area is 130 Å². The zero-order valence-corrected chi connectivity index (χ0v) is 14.5. The van der Waals surface area contributed by atoms with Gasteiger partial charge in [-0.2, -0.15) is 0 Å². The van der Waals surface area contributed by atoms with Gasteiger partial charge in [-0.1, -0.05) is 39.8 Å². The molecular formula is C18H31NO2. The predicted molar refractivity (Wildman–Crippen MR) is 89.3 cm³/mol. The van der Waals surface area contributed by atoms with Crippen molar-refractivity contribution in [2.75, 3.05) is 26.9 Å². The standard InChI is InChI=1S/C18H31NO2/c1-7-10-19-15(12-20-6)13-21-17-11-14(2)8-9-16(17)18(3,4)5/h8-9,11,15,19H,7,10,12-13H2,1-6H3. The van der Waals surface area contributed by atoms with E-state index in [4.69, 9.17) is 9.47 Å². The van der Waals surface area contributed by atoms with E-state index < -0.39 is 0 Å². The van der Waals surface area contributed by atoms with E-state index in [0.29, 0.717) is 13.2 Å². The Kier molecular flexibility index (Phi) is 7.20. The van der Waals surface area contributed by atoms with Crippen molar-refractivity contribution in [3.8, 4) is 5.75 Å². The average Bonchev–Trinajstić information content (AvgIpc) is 2.40. The Balaban J connectivity index is 2.78. The van der Waals surface area contributed by atoms with Gasteiger partial charge in [-0.15, -0.1) is 0 Å². The Morgan fingerprint density at radius 2 is 1.90 bits per heavy atom. The van der Waals surface area contributed by atoms with Gasteiger partial charge < -0.3 is 14.8 Å². The third-order valence-corrected chi connectivity index (χ3v) is 3.44. The van der Waals surface area contributed by atoms with Crippen molar-refractivity contribution in [2.45, 2.75) is 52.5 Å². The van der Waals surface area contributed by atoms with Crippen molar-refractivity contribution in [1.82, 2.24) is 5.32 Å². The van der Waals surface area contributed by atoms with Crippen LogP contribution in [0.15, 0.2) is 18.2 Å². The van der Waals surface area contributed by atoms with Crippen LogP contribution in [0.5, 0.6) is 5.75 Å². The van der Waals surface area contributed by atoms with Gasteiger partial charge in [0.25, 0.3) is 0 Å². The average molecular weight is 293 g/mol. The van der Waals surface area contributed by atoms with E-state index in [1.54, 1.807) is 7.11 Å². The Morgan fingerprint density at radius 3 is 2.48 bits per heavy atom. The molecule has 0 heterocycles. The minimum Gasteiger partial charge on any atom is -0.492 e. The number of nitrogens with one attached hydrogen (secondary N) is 1. The van der Waals surface area contributed by atoms with E-state index in [2.05, 4.69) is 58.1 Å². The highest BCUT2D eigenvalue weighted by Crippen LogP contribution is 2.32. The number of ether oxygens (including phenoxy) is 2. The minimum atomic E-state index is 0.0800.